The SMILES string of the molecule is [B]C([B])([B])N1CC2CCCC(C1)C2(OC)c1cccc(C(N)=O)c1. The van der Waals surface area contributed by atoms with Crippen LogP contribution in [-0.2, 0) is 10.3 Å². The lowest BCUT2D eigenvalue weighted by molar-refractivity contribution is -0.169. The van der Waals surface area contributed by atoms with Crippen molar-refractivity contribution in [3.05, 3.63) is 35.4 Å². The van der Waals surface area contributed by atoms with Gasteiger partial charge in [-0.05, 0) is 30.5 Å². The van der Waals surface area contributed by atoms with Crippen LogP contribution in [0.3, 0.4) is 0 Å². The summed E-state index contributed by atoms with van der Waals surface area (Å²) in [5, 5.41) is -1.33. The zero-order valence-corrected chi connectivity index (χ0v) is 14.1. The second kappa shape index (κ2) is 6.27. The Morgan fingerprint density at radius 1 is 1.29 bits per heavy atom. The van der Waals surface area contributed by atoms with E-state index in [1.807, 2.05) is 23.1 Å². The maximum atomic E-state index is 11.6. The average Bonchev–Trinajstić information content (AvgIpc) is 2.52. The number of piperidine rings is 1. The van der Waals surface area contributed by atoms with Gasteiger partial charge in [0.15, 0.2) is 0 Å². The highest BCUT2D eigenvalue weighted by atomic mass is 16.5. The number of benzene rings is 1. The summed E-state index contributed by atoms with van der Waals surface area (Å²) in [6.07, 6.45) is 3.13. The molecule has 2 fully saturated rings. The van der Waals surface area contributed by atoms with E-state index in [1.165, 1.54) is 0 Å². The number of likely N-dealkylation sites (tertiary alicyclic amines) is 1. The molecule has 1 saturated heterocycles. The standard InChI is InChI=1S/C17H21B3N2O2/c1-24-16(12-5-2-4-11(8-12)15(21)23)13-6-3-7-14(16)10-22(9-13)17(18,19)20/h2,4-5,8,13-14H,3,6-7,9-10H2,1H3,(H2,21,23). The molecule has 0 aromatic heterocycles. The fourth-order valence-corrected chi connectivity index (χ4v) is 4.59. The highest BCUT2D eigenvalue weighted by molar-refractivity contribution is 6.59. The second-order valence-corrected chi connectivity index (χ2v) is 7.06. The minimum atomic E-state index is -1.33. The molecule has 1 aliphatic heterocycles. The number of nitrogens with zero attached hydrogens (tertiary/aromatic N) is 1. The number of carbonyl (C=O) groups is 1. The van der Waals surface area contributed by atoms with E-state index in [-0.39, 0.29) is 11.8 Å². The van der Waals surface area contributed by atoms with E-state index >= 15 is 0 Å². The topological polar surface area (TPSA) is 55.6 Å². The molecule has 24 heavy (non-hydrogen) atoms. The number of carbonyl (C=O) groups excluding carboxylic acids is 1. The molecule has 120 valence electrons. The van der Waals surface area contributed by atoms with Crippen LogP contribution in [0.25, 0.3) is 0 Å². The fraction of sp³-hybridized carbons (Fsp3) is 0.588. The van der Waals surface area contributed by atoms with Gasteiger partial charge in [-0.1, -0.05) is 23.8 Å². The molecular weight excluding hydrogens is 297 g/mol. The normalized spacial score (nSPS) is 30.9. The molecule has 3 rings (SSSR count). The maximum absolute atomic E-state index is 11.6. The van der Waals surface area contributed by atoms with Crippen molar-refractivity contribution in [3.63, 3.8) is 0 Å². The third-order valence-corrected chi connectivity index (χ3v) is 5.68. The molecule has 1 amide bonds. The van der Waals surface area contributed by atoms with Gasteiger partial charge in [0.2, 0.25) is 5.91 Å². The van der Waals surface area contributed by atoms with Crippen LogP contribution < -0.4 is 5.73 Å². The Balaban J connectivity index is 2.03. The number of rotatable bonds is 4. The van der Waals surface area contributed by atoms with Gasteiger partial charge in [0.1, 0.15) is 5.60 Å². The molecule has 1 heterocycles. The molecule has 1 saturated carbocycles. The van der Waals surface area contributed by atoms with Crippen molar-refractivity contribution in [2.24, 2.45) is 17.6 Å². The molecule has 7 heteroatoms. The number of hydrogen-bond acceptors (Lipinski definition) is 3. The zero-order chi connectivity index (χ0) is 17.5. The predicted octanol–water partition coefficient (Wildman–Crippen LogP) is 0.476. The van der Waals surface area contributed by atoms with Gasteiger partial charge in [-0.3, -0.25) is 4.79 Å². The molecule has 2 bridgehead atoms. The Morgan fingerprint density at radius 3 is 2.42 bits per heavy atom. The van der Waals surface area contributed by atoms with Crippen LogP contribution in [0.15, 0.2) is 24.3 Å². The third-order valence-electron chi connectivity index (χ3n) is 5.68. The monoisotopic (exact) mass is 318 g/mol. The summed E-state index contributed by atoms with van der Waals surface area (Å²) >= 11 is 0. The van der Waals surface area contributed by atoms with Gasteiger partial charge in [0.25, 0.3) is 0 Å². The number of amides is 1. The van der Waals surface area contributed by atoms with Gasteiger partial charge in [-0.25, -0.2) is 0 Å². The first kappa shape index (κ1) is 17.6. The van der Waals surface area contributed by atoms with Crippen molar-refractivity contribution in [1.82, 2.24) is 4.90 Å². The molecule has 4 nitrogen and oxygen atoms in total. The van der Waals surface area contributed by atoms with Crippen LogP contribution in [0.2, 0.25) is 0 Å². The molecule has 0 spiro atoms. The molecule has 2 unspecified atom stereocenters. The van der Waals surface area contributed by atoms with E-state index in [2.05, 4.69) is 0 Å². The molecule has 1 aliphatic carbocycles. The Labute approximate surface area is 147 Å². The second-order valence-electron chi connectivity index (χ2n) is 7.06. The van der Waals surface area contributed by atoms with Gasteiger partial charge in [-0.2, -0.15) is 0 Å². The van der Waals surface area contributed by atoms with Gasteiger partial charge < -0.3 is 15.4 Å². The highest BCUT2D eigenvalue weighted by Gasteiger charge is 2.54. The average molecular weight is 318 g/mol. The lowest BCUT2D eigenvalue weighted by atomic mass is 9.47. The van der Waals surface area contributed by atoms with Crippen LogP contribution in [0, 0.1) is 11.8 Å². The molecule has 2 aliphatic rings. The Bertz CT molecular complexity index is 619. The summed E-state index contributed by atoms with van der Waals surface area (Å²) in [4.78, 5) is 13.5. The molecular formula is C17H21B3N2O2. The minimum absolute atomic E-state index is 0.202. The van der Waals surface area contributed by atoms with Crippen molar-refractivity contribution in [1.29, 1.82) is 0 Å². The van der Waals surface area contributed by atoms with Crippen molar-refractivity contribution >= 4 is 29.4 Å². The van der Waals surface area contributed by atoms with Crippen LogP contribution in [0.5, 0.6) is 0 Å². The van der Waals surface area contributed by atoms with E-state index in [0.29, 0.717) is 18.7 Å². The number of methoxy groups -OCH3 is 1. The minimum Gasteiger partial charge on any atom is -0.373 e. The van der Waals surface area contributed by atoms with Gasteiger partial charge >= 0.3 is 0 Å². The maximum Gasteiger partial charge on any atom is 0.248 e. The lowest BCUT2D eigenvalue weighted by Crippen LogP contribution is -2.65. The summed E-state index contributed by atoms with van der Waals surface area (Å²) in [6.45, 7) is 1.32. The first-order valence-electron chi connectivity index (χ1n) is 8.36. The number of hydrogen-bond donors (Lipinski definition) is 1. The molecule has 1 aromatic rings. The number of ether oxygens (including phenoxy) is 1. The smallest absolute Gasteiger partial charge is 0.248 e. The van der Waals surface area contributed by atoms with Crippen molar-refractivity contribution in [2.45, 2.75) is 30.1 Å². The lowest BCUT2D eigenvalue weighted by Gasteiger charge is -2.58. The largest absolute Gasteiger partial charge is 0.373 e. The molecule has 2 atom stereocenters. The molecule has 2 N–H and O–H groups in total. The fourth-order valence-electron chi connectivity index (χ4n) is 4.59. The van der Waals surface area contributed by atoms with E-state index in [0.717, 1.165) is 24.8 Å². The Morgan fingerprint density at radius 2 is 1.92 bits per heavy atom. The zero-order valence-electron chi connectivity index (χ0n) is 14.1. The van der Waals surface area contributed by atoms with E-state index in [4.69, 9.17) is 34.0 Å². The number of fused-ring (bicyclic) bond motifs is 2. The van der Waals surface area contributed by atoms with Crippen LogP contribution >= 0.6 is 0 Å². The highest BCUT2D eigenvalue weighted by Crippen LogP contribution is 2.52. The summed E-state index contributed by atoms with van der Waals surface area (Å²) in [5.41, 5.74) is 6.48. The van der Waals surface area contributed by atoms with Crippen molar-refractivity contribution < 1.29 is 9.53 Å². The van der Waals surface area contributed by atoms with E-state index in [9.17, 15) is 4.79 Å². The van der Waals surface area contributed by atoms with Crippen LogP contribution in [0.4, 0.5) is 0 Å². The summed E-state index contributed by atoms with van der Waals surface area (Å²) in [6, 6.07) is 7.45. The summed E-state index contributed by atoms with van der Waals surface area (Å²) in [7, 11) is 19.5. The first-order valence-corrected chi connectivity index (χ1v) is 8.36. The molecule has 1 aromatic carbocycles. The number of nitrogens with two attached hydrogens (primary N) is 1. The van der Waals surface area contributed by atoms with Gasteiger partial charge in [-0.15, -0.1) is 0 Å². The predicted molar refractivity (Wildman–Crippen MR) is 96.0 cm³/mol. The van der Waals surface area contributed by atoms with Gasteiger partial charge in [0, 0.05) is 37.6 Å². The van der Waals surface area contributed by atoms with Gasteiger partial charge in [0.05, 0.1) is 23.5 Å². The van der Waals surface area contributed by atoms with E-state index in [1.54, 1.807) is 13.2 Å². The van der Waals surface area contributed by atoms with E-state index < -0.39 is 16.7 Å². The van der Waals surface area contributed by atoms with Crippen molar-refractivity contribution in [2.75, 3.05) is 20.2 Å². The Hall–Kier alpha value is -1.20. The van der Waals surface area contributed by atoms with Crippen LogP contribution in [-0.4, -0.2) is 59.8 Å². The molecule has 6 radical (unpaired) electrons. The third kappa shape index (κ3) is 2.82. The van der Waals surface area contributed by atoms with Crippen molar-refractivity contribution in [3.8, 4) is 0 Å². The Kier molecular flexibility index (Phi) is 4.60. The quantitative estimate of drug-likeness (QED) is 0.822. The summed E-state index contributed by atoms with van der Waals surface area (Å²) in [5.74, 6) is -0.0307. The first-order chi connectivity index (χ1) is 11.3. The van der Waals surface area contributed by atoms with Crippen LogP contribution in [0.1, 0.15) is 35.2 Å². The number of primary amides is 1. The summed E-state index contributed by atoms with van der Waals surface area (Å²) < 4.78 is 6.13.